The van der Waals surface area contributed by atoms with Crippen molar-refractivity contribution in [2.75, 3.05) is 4.90 Å². The molecular weight excluding hydrogens is 777 g/mol. The van der Waals surface area contributed by atoms with Crippen LogP contribution in [-0.4, -0.2) is 26.6 Å². The predicted octanol–water partition coefficient (Wildman–Crippen LogP) is 14.5. The van der Waals surface area contributed by atoms with Crippen LogP contribution < -0.4 is 4.90 Å². The maximum absolute atomic E-state index is 5.57. The largest absolute Gasteiger partial charge is 0.357 e. The Hall–Kier alpha value is -8.08. The second kappa shape index (κ2) is 14.8. The second-order valence-electron chi connectivity index (χ2n) is 17.3. The molecule has 0 bridgehead atoms. The van der Waals surface area contributed by atoms with Crippen LogP contribution in [0.25, 0.3) is 88.5 Å². The van der Waals surface area contributed by atoms with Gasteiger partial charge in [0.25, 0.3) is 0 Å². The summed E-state index contributed by atoms with van der Waals surface area (Å²) in [6.45, 7) is 0. The first-order valence-electron chi connectivity index (χ1n) is 22.3. The fourth-order valence-electron chi connectivity index (χ4n) is 10.7. The number of hydrogen-bond acceptors (Lipinski definition) is 3. The van der Waals surface area contributed by atoms with E-state index in [1.165, 1.54) is 43.9 Å². The molecule has 1 saturated heterocycles. The van der Waals surface area contributed by atoms with Gasteiger partial charge >= 0.3 is 0 Å². The number of aromatic nitrogens is 3. The van der Waals surface area contributed by atoms with Gasteiger partial charge in [-0.2, -0.15) is 0 Å². The zero-order chi connectivity index (χ0) is 42.1. The van der Waals surface area contributed by atoms with Crippen LogP contribution in [0.4, 0.5) is 5.69 Å². The number of rotatable bonds is 6. The van der Waals surface area contributed by atoms with E-state index in [-0.39, 0.29) is 6.04 Å². The summed E-state index contributed by atoms with van der Waals surface area (Å²) in [7, 11) is 0. The van der Waals surface area contributed by atoms with Crippen LogP contribution in [0.3, 0.4) is 0 Å². The van der Waals surface area contributed by atoms with Crippen LogP contribution >= 0.6 is 0 Å². The monoisotopic (exact) mass is 818 g/mol. The van der Waals surface area contributed by atoms with Crippen molar-refractivity contribution in [3.05, 3.63) is 236 Å². The van der Waals surface area contributed by atoms with Crippen molar-refractivity contribution in [1.29, 1.82) is 0 Å². The van der Waals surface area contributed by atoms with Gasteiger partial charge in [0.05, 0.1) is 34.3 Å². The quantitative estimate of drug-likeness (QED) is 0.168. The Kier molecular flexibility index (Phi) is 8.45. The molecule has 4 nitrogen and oxygen atoms in total. The van der Waals surface area contributed by atoms with Gasteiger partial charge in [-0.3, -0.25) is 4.57 Å². The van der Waals surface area contributed by atoms with Crippen molar-refractivity contribution in [3.63, 3.8) is 0 Å². The van der Waals surface area contributed by atoms with Crippen molar-refractivity contribution in [2.45, 2.75) is 12.1 Å². The summed E-state index contributed by atoms with van der Waals surface area (Å²) in [6, 6.07) is 68.4. The third-order valence-corrected chi connectivity index (χ3v) is 13.7. The number of anilines is 1. The summed E-state index contributed by atoms with van der Waals surface area (Å²) in [4.78, 5) is 13.5. The molecular formula is C60H42N4. The van der Waals surface area contributed by atoms with Gasteiger partial charge in [-0.1, -0.05) is 170 Å². The Labute approximate surface area is 372 Å². The van der Waals surface area contributed by atoms with E-state index >= 15 is 0 Å². The summed E-state index contributed by atoms with van der Waals surface area (Å²) in [5.74, 6) is 1.48. The Morgan fingerprint density at radius 2 is 1.08 bits per heavy atom. The Balaban J connectivity index is 0.965. The molecule has 0 amide bonds. The molecule has 3 heterocycles. The lowest BCUT2D eigenvalue weighted by Gasteiger charge is -2.32. The van der Waals surface area contributed by atoms with Crippen LogP contribution in [-0.2, 0) is 0 Å². The van der Waals surface area contributed by atoms with Gasteiger partial charge in [-0.25, -0.2) is 9.97 Å². The first-order chi connectivity index (χ1) is 31.7. The van der Waals surface area contributed by atoms with Crippen molar-refractivity contribution in [2.24, 2.45) is 11.8 Å². The van der Waals surface area contributed by atoms with E-state index in [1.807, 2.05) is 0 Å². The molecule has 0 N–H and O–H groups in total. The third-order valence-electron chi connectivity index (χ3n) is 13.7. The number of fused-ring (bicyclic) bond motifs is 8. The first kappa shape index (κ1) is 36.6. The van der Waals surface area contributed by atoms with Gasteiger partial charge in [-0.05, 0) is 105 Å². The van der Waals surface area contributed by atoms with Crippen molar-refractivity contribution in [3.8, 4) is 39.5 Å². The summed E-state index contributed by atoms with van der Waals surface area (Å²) < 4.78 is 2.26. The van der Waals surface area contributed by atoms with E-state index in [4.69, 9.17) is 9.97 Å². The summed E-state index contributed by atoms with van der Waals surface area (Å²) in [6.07, 6.45) is 16.5. The van der Waals surface area contributed by atoms with Crippen LogP contribution in [0.5, 0.6) is 0 Å². The van der Waals surface area contributed by atoms with Crippen LogP contribution in [0.15, 0.2) is 231 Å². The van der Waals surface area contributed by atoms with Gasteiger partial charge in [0.1, 0.15) is 0 Å². The van der Waals surface area contributed by atoms with E-state index in [1.54, 1.807) is 0 Å². The van der Waals surface area contributed by atoms with Crippen LogP contribution in [0, 0.1) is 11.8 Å². The highest BCUT2D eigenvalue weighted by atomic mass is 15.2. The minimum absolute atomic E-state index is 0.244. The molecule has 8 aromatic carbocycles. The number of benzene rings is 8. The van der Waals surface area contributed by atoms with Gasteiger partial charge in [0.2, 0.25) is 5.95 Å². The topological polar surface area (TPSA) is 34.0 Å². The maximum atomic E-state index is 5.57. The van der Waals surface area contributed by atoms with Gasteiger partial charge < -0.3 is 4.90 Å². The third kappa shape index (κ3) is 5.98. The molecule has 13 rings (SSSR count). The summed E-state index contributed by atoms with van der Waals surface area (Å²) in [5, 5.41) is 5.82. The molecule has 4 heteroatoms. The summed E-state index contributed by atoms with van der Waals surface area (Å²) in [5.41, 5.74) is 13.3. The number of para-hydroxylation sites is 3. The van der Waals surface area contributed by atoms with E-state index in [9.17, 15) is 0 Å². The van der Waals surface area contributed by atoms with Crippen molar-refractivity contribution in [1.82, 2.24) is 14.5 Å². The van der Waals surface area contributed by atoms with Crippen LogP contribution in [0.1, 0.15) is 5.56 Å². The lowest BCUT2D eigenvalue weighted by atomic mass is 9.81. The molecule has 4 unspecified atom stereocenters. The molecule has 0 radical (unpaired) electrons. The van der Waals surface area contributed by atoms with E-state index in [0.29, 0.717) is 23.8 Å². The summed E-state index contributed by atoms with van der Waals surface area (Å²) >= 11 is 0. The minimum Gasteiger partial charge on any atom is -0.357 e. The number of nitrogens with zero attached hydrogens (tertiary/aromatic N) is 4. The van der Waals surface area contributed by atoms with Crippen molar-refractivity contribution < 1.29 is 0 Å². The lowest BCUT2D eigenvalue weighted by molar-refractivity contribution is 0.528. The number of allylic oxidation sites excluding steroid dienone is 4. The van der Waals surface area contributed by atoms with Gasteiger partial charge in [0, 0.05) is 39.2 Å². The highest BCUT2D eigenvalue weighted by Gasteiger charge is 2.46. The zero-order valence-corrected chi connectivity index (χ0v) is 35.0. The molecule has 1 aliphatic heterocycles. The standard InChI is InChI=1S/C60H42N4/c1-3-15-39(16-4-1)45-34-46(42-28-27-40-17-7-8-18-41(40)33-42)36-47(35-45)59-52-23-9-12-24-54(52)61-60(62-59)64-56-26-14-11-22-50(56)53-37-43(30-32-57(53)64)44-29-31-51-49-21-10-13-25-55(49)63(58(51)38-44)48-19-5-2-6-20-48/h1-38,49,51,55,58H. The molecule has 10 aromatic rings. The minimum atomic E-state index is 0.244. The van der Waals surface area contributed by atoms with Gasteiger partial charge in [0.15, 0.2) is 0 Å². The Morgan fingerprint density at radius 1 is 0.406 bits per heavy atom. The molecule has 0 spiro atoms. The normalized spacial score (nSPS) is 18.8. The highest BCUT2D eigenvalue weighted by Crippen LogP contribution is 2.46. The highest BCUT2D eigenvalue weighted by molar-refractivity contribution is 6.10. The second-order valence-corrected chi connectivity index (χ2v) is 17.3. The average molecular weight is 819 g/mol. The van der Waals surface area contributed by atoms with E-state index in [2.05, 4.69) is 240 Å². The Morgan fingerprint density at radius 3 is 1.95 bits per heavy atom. The maximum Gasteiger partial charge on any atom is 0.235 e. The number of hydrogen-bond donors (Lipinski definition) is 0. The molecule has 1 fully saturated rings. The van der Waals surface area contributed by atoms with Crippen LogP contribution in [0.2, 0.25) is 0 Å². The SMILES string of the molecule is C1=CC2C3C=CC(c4ccc5c(c4)c4ccccc4n5-c4nc(-c5cc(-c6ccccc6)cc(-c6ccc7ccccc7c6)c5)c5ccccc5n4)=CC3N(c3ccccc3)C2C=C1. The zero-order valence-electron chi connectivity index (χ0n) is 35.0. The smallest absolute Gasteiger partial charge is 0.235 e. The lowest BCUT2D eigenvalue weighted by Crippen LogP contribution is -2.36. The first-order valence-corrected chi connectivity index (χ1v) is 22.3. The Bertz CT molecular complexity index is 3590. The fourth-order valence-corrected chi connectivity index (χ4v) is 10.7. The van der Waals surface area contributed by atoms with Crippen molar-refractivity contribution >= 4 is 54.7 Å². The predicted molar refractivity (Wildman–Crippen MR) is 267 cm³/mol. The molecule has 2 aromatic heterocycles. The van der Waals surface area contributed by atoms with Gasteiger partial charge in [-0.15, -0.1) is 0 Å². The van der Waals surface area contributed by atoms with E-state index < -0.39 is 0 Å². The molecule has 0 saturated carbocycles. The molecule has 3 aliphatic rings. The fraction of sp³-hybridized carbons (Fsp3) is 0.0667. The average Bonchev–Trinajstić information content (AvgIpc) is 3.88. The molecule has 2 aliphatic carbocycles. The molecule has 4 atom stereocenters. The van der Waals surface area contributed by atoms with E-state index in [0.717, 1.165) is 49.9 Å². The molecule has 64 heavy (non-hydrogen) atoms. The molecule has 302 valence electrons.